The molecule has 1 heterocycles. The summed E-state index contributed by atoms with van der Waals surface area (Å²) in [7, 11) is 1.86. The van der Waals surface area contributed by atoms with Gasteiger partial charge in [-0.15, -0.1) is 0 Å². The lowest BCUT2D eigenvalue weighted by molar-refractivity contribution is -0.126. The van der Waals surface area contributed by atoms with Crippen LogP contribution in [0.3, 0.4) is 0 Å². The minimum absolute atomic E-state index is 0.0179. The second kappa shape index (κ2) is 7.22. The van der Waals surface area contributed by atoms with E-state index in [4.69, 9.17) is 0 Å². The zero-order valence-corrected chi connectivity index (χ0v) is 12.6. The summed E-state index contributed by atoms with van der Waals surface area (Å²) in [6.07, 6.45) is 1.89. The molecule has 0 bridgehead atoms. The highest BCUT2D eigenvalue weighted by Gasteiger charge is 2.38. The molecule has 1 fully saturated rings. The fourth-order valence-electron chi connectivity index (χ4n) is 2.72. The molecule has 0 radical (unpaired) electrons. The minimum atomic E-state index is -0.401. The van der Waals surface area contributed by atoms with E-state index in [1.807, 2.05) is 44.3 Å². The zero-order valence-electron chi connectivity index (χ0n) is 12.6. The normalized spacial score (nSPS) is 21.6. The highest BCUT2D eigenvalue weighted by atomic mass is 16.2. The van der Waals surface area contributed by atoms with E-state index in [1.165, 1.54) is 0 Å². The van der Waals surface area contributed by atoms with Gasteiger partial charge in [0.1, 0.15) is 6.04 Å². The number of hydrogen-bond donors (Lipinski definition) is 2. The molecular formula is C16H23N3O2. The van der Waals surface area contributed by atoms with Gasteiger partial charge in [0.2, 0.25) is 11.8 Å². The Kier molecular flexibility index (Phi) is 5.33. The molecule has 2 atom stereocenters. The van der Waals surface area contributed by atoms with Gasteiger partial charge in [-0.25, -0.2) is 0 Å². The molecule has 1 aliphatic rings. The van der Waals surface area contributed by atoms with Crippen molar-refractivity contribution in [1.29, 1.82) is 0 Å². The summed E-state index contributed by atoms with van der Waals surface area (Å²) in [5.41, 5.74) is 0.891. The number of benzene rings is 1. The SMILES string of the molecule is CNCCCC(=O)NC1CC(C)N(c2ccccc2)C1=O. The first kappa shape index (κ1) is 15.5. The first-order valence-corrected chi connectivity index (χ1v) is 7.45. The molecule has 21 heavy (non-hydrogen) atoms. The van der Waals surface area contributed by atoms with Crippen molar-refractivity contribution >= 4 is 17.5 Å². The van der Waals surface area contributed by atoms with E-state index in [1.54, 1.807) is 4.90 Å². The molecular weight excluding hydrogens is 266 g/mol. The molecule has 1 saturated heterocycles. The van der Waals surface area contributed by atoms with Gasteiger partial charge in [0.05, 0.1) is 0 Å². The van der Waals surface area contributed by atoms with Crippen LogP contribution in [0.15, 0.2) is 30.3 Å². The third kappa shape index (κ3) is 3.82. The van der Waals surface area contributed by atoms with E-state index in [0.29, 0.717) is 12.8 Å². The van der Waals surface area contributed by atoms with Crippen LogP contribution in [0, 0.1) is 0 Å². The predicted molar refractivity (Wildman–Crippen MR) is 83.1 cm³/mol. The first-order valence-electron chi connectivity index (χ1n) is 7.45. The van der Waals surface area contributed by atoms with E-state index in [9.17, 15) is 9.59 Å². The first-order chi connectivity index (χ1) is 10.1. The third-order valence-electron chi connectivity index (χ3n) is 3.75. The van der Waals surface area contributed by atoms with Gasteiger partial charge in [-0.05, 0) is 45.5 Å². The Morgan fingerprint density at radius 3 is 2.71 bits per heavy atom. The number of carbonyl (C=O) groups is 2. The molecule has 2 N–H and O–H groups in total. The number of carbonyl (C=O) groups excluding carboxylic acids is 2. The van der Waals surface area contributed by atoms with Crippen LogP contribution in [-0.2, 0) is 9.59 Å². The van der Waals surface area contributed by atoms with Crippen LogP contribution in [-0.4, -0.2) is 37.5 Å². The Morgan fingerprint density at radius 2 is 2.05 bits per heavy atom. The fourth-order valence-corrected chi connectivity index (χ4v) is 2.72. The molecule has 1 aromatic rings. The predicted octanol–water partition coefficient (Wildman–Crippen LogP) is 1.30. The molecule has 0 spiro atoms. The van der Waals surface area contributed by atoms with Crippen molar-refractivity contribution in [2.24, 2.45) is 0 Å². The largest absolute Gasteiger partial charge is 0.344 e. The second-order valence-electron chi connectivity index (χ2n) is 5.46. The number of para-hydroxylation sites is 1. The smallest absolute Gasteiger partial charge is 0.249 e. The summed E-state index contributed by atoms with van der Waals surface area (Å²) in [4.78, 5) is 26.1. The van der Waals surface area contributed by atoms with Crippen molar-refractivity contribution in [2.45, 2.75) is 38.3 Å². The van der Waals surface area contributed by atoms with Crippen LogP contribution < -0.4 is 15.5 Å². The average Bonchev–Trinajstić information content (AvgIpc) is 2.74. The van der Waals surface area contributed by atoms with Crippen LogP contribution in [0.1, 0.15) is 26.2 Å². The lowest BCUT2D eigenvalue weighted by Gasteiger charge is -2.21. The maximum atomic E-state index is 12.5. The van der Waals surface area contributed by atoms with Crippen molar-refractivity contribution < 1.29 is 9.59 Å². The number of amides is 2. The average molecular weight is 289 g/mol. The minimum Gasteiger partial charge on any atom is -0.344 e. The van der Waals surface area contributed by atoms with Gasteiger partial charge < -0.3 is 15.5 Å². The van der Waals surface area contributed by atoms with Gasteiger partial charge in [0.15, 0.2) is 0 Å². The second-order valence-corrected chi connectivity index (χ2v) is 5.46. The molecule has 0 aromatic heterocycles. The molecule has 1 aromatic carbocycles. The van der Waals surface area contributed by atoms with E-state index >= 15 is 0 Å². The summed E-state index contributed by atoms with van der Waals surface area (Å²) >= 11 is 0. The zero-order chi connectivity index (χ0) is 15.2. The van der Waals surface area contributed by atoms with E-state index in [2.05, 4.69) is 10.6 Å². The number of nitrogens with one attached hydrogen (secondary N) is 2. The van der Waals surface area contributed by atoms with Crippen LogP contribution >= 0.6 is 0 Å². The Bertz CT molecular complexity index is 490. The topological polar surface area (TPSA) is 61.4 Å². The highest BCUT2D eigenvalue weighted by Crippen LogP contribution is 2.26. The quantitative estimate of drug-likeness (QED) is 0.776. The van der Waals surface area contributed by atoms with Crippen LogP contribution in [0.5, 0.6) is 0 Å². The molecule has 2 rings (SSSR count). The molecule has 0 saturated carbocycles. The van der Waals surface area contributed by atoms with Crippen LogP contribution in [0.25, 0.3) is 0 Å². The van der Waals surface area contributed by atoms with E-state index in [-0.39, 0.29) is 17.9 Å². The molecule has 1 aliphatic heterocycles. The molecule has 2 unspecified atom stereocenters. The molecule has 0 aliphatic carbocycles. The van der Waals surface area contributed by atoms with Crippen molar-refractivity contribution in [1.82, 2.24) is 10.6 Å². The van der Waals surface area contributed by atoms with Gasteiger partial charge in [0.25, 0.3) is 0 Å². The Morgan fingerprint density at radius 1 is 1.33 bits per heavy atom. The monoisotopic (exact) mass is 289 g/mol. The Labute approximate surface area is 125 Å². The molecule has 5 nitrogen and oxygen atoms in total. The summed E-state index contributed by atoms with van der Waals surface area (Å²) in [5, 5.41) is 5.87. The molecule has 5 heteroatoms. The molecule has 2 amide bonds. The van der Waals surface area contributed by atoms with Crippen molar-refractivity contribution in [2.75, 3.05) is 18.5 Å². The van der Waals surface area contributed by atoms with Gasteiger partial charge in [-0.1, -0.05) is 18.2 Å². The van der Waals surface area contributed by atoms with Crippen molar-refractivity contribution in [3.8, 4) is 0 Å². The summed E-state index contributed by atoms with van der Waals surface area (Å²) < 4.78 is 0. The Hall–Kier alpha value is -1.88. The van der Waals surface area contributed by atoms with Gasteiger partial charge in [-0.3, -0.25) is 9.59 Å². The van der Waals surface area contributed by atoms with Gasteiger partial charge in [-0.2, -0.15) is 0 Å². The lowest BCUT2D eigenvalue weighted by Crippen LogP contribution is -2.42. The van der Waals surface area contributed by atoms with E-state index in [0.717, 1.165) is 18.7 Å². The maximum absolute atomic E-state index is 12.5. The third-order valence-corrected chi connectivity index (χ3v) is 3.75. The Balaban J connectivity index is 1.95. The number of anilines is 1. The number of hydrogen-bond acceptors (Lipinski definition) is 3. The molecule has 114 valence electrons. The van der Waals surface area contributed by atoms with Gasteiger partial charge >= 0.3 is 0 Å². The van der Waals surface area contributed by atoms with Crippen LogP contribution in [0.4, 0.5) is 5.69 Å². The summed E-state index contributed by atoms with van der Waals surface area (Å²) in [6, 6.07) is 9.30. The van der Waals surface area contributed by atoms with Crippen molar-refractivity contribution in [3.05, 3.63) is 30.3 Å². The highest BCUT2D eigenvalue weighted by molar-refractivity contribution is 6.01. The van der Waals surface area contributed by atoms with Crippen molar-refractivity contribution in [3.63, 3.8) is 0 Å². The van der Waals surface area contributed by atoms with Gasteiger partial charge in [0, 0.05) is 18.2 Å². The standard InChI is InChI=1S/C16H23N3O2/c1-12-11-14(18-15(20)9-6-10-17-2)16(21)19(12)13-7-4-3-5-8-13/h3-5,7-8,12,14,17H,6,9-11H2,1-2H3,(H,18,20). The number of rotatable bonds is 6. The lowest BCUT2D eigenvalue weighted by atomic mass is 10.1. The van der Waals surface area contributed by atoms with Crippen LogP contribution in [0.2, 0.25) is 0 Å². The fraction of sp³-hybridized carbons (Fsp3) is 0.500. The van der Waals surface area contributed by atoms with E-state index < -0.39 is 6.04 Å². The maximum Gasteiger partial charge on any atom is 0.249 e. The summed E-state index contributed by atoms with van der Waals surface area (Å²) in [5.74, 6) is -0.0682. The number of nitrogens with zero attached hydrogens (tertiary/aromatic N) is 1. The summed E-state index contributed by atoms with van der Waals surface area (Å²) in [6.45, 7) is 2.82.